The lowest BCUT2D eigenvalue weighted by Gasteiger charge is -2.15. The summed E-state index contributed by atoms with van der Waals surface area (Å²) in [7, 11) is 4.80. The van der Waals surface area contributed by atoms with E-state index in [4.69, 9.17) is 14.2 Å². The van der Waals surface area contributed by atoms with Crippen LogP contribution in [0.5, 0.6) is 17.2 Å². The molecule has 0 saturated heterocycles. The van der Waals surface area contributed by atoms with Gasteiger partial charge in [-0.05, 0) is 17.2 Å². The van der Waals surface area contributed by atoms with Crippen molar-refractivity contribution < 1.29 is 14.2 Å². The van der Waals surface area contributed by atoms with Crippen LogP contribution in [0.3, 0.4) is 0 Å². The highest BCUT2D eigenvalue weighted by Crippen LogP contribution is 2.40. The molecule has 3 aromatic carbocycles. The molecule has 176 valence electrons. The van der Waals surface area contributed by atoms with E-state index < -0.39 is 0 Å². The van der Waals surface area contributed by atoms with Crippen molar-refractivity contribution in [3.63, 3.8) is 0 Å². The summed E-state index contributed by atoms with van der Waals surface area (Å²) in [6.45, 7) is 0.752. The summed E-state index contributed by atoms with van der Waals surface area (Å²) in [6.07, 6.45) is 1.91. The van der Waals surface area contributed by atoms with E-state index in [-0.39, 0.29) is 0 Å². The normalized spacial score (nSPS) is 10.8. The van der Waals surface area contributed by atoms with E-state index in [0.29, 0.717) is 17.2 Å². The van der Waals surface area contributed by atoms with Crippen LogP contribution in [0.25, 0.3) is 22.2 Å². The van der Waals surface area contributed by atoms with E-state index in [1.54, 1.807) is 21.3 Å². The van der Waals surface area contributed by atoms with Gasteiger partial charge < -0.3 is 24.1 Å². The molecule has 0 amide bonds. The van der Waals surface area contributed by atoms with Crippen molar-refractivity contribution >= 4 is 22.4 Å². The number of anilines is 2. The van der Waals surface area contributed by atoms with Gasteiger partial charge in [0, 0.05) is 47.7 Å². The third-order valence-electron chi connectivity index (χ3n) is 5.98. The zero-order chi connectivity index (χ0) is 24.2. The standard InChI is InChI=1S/C29H27N3O3/c1-33-26-15-23(16-27(34-2)29(26)35-3)31-28-17-25-22(18-30-28)14-24(21-12-8-5-9-13-21)32(25)19-20-10-6-4-7-11-20/h4-18H,19H2,1-3H3,(H,30,31). The summed E-state index contributed by atoms with van der Waals surface area (Å²) in [5.74, 6) is 2.43. The SMILES string of the molecule is COc1cc(Nc2cc3c(cn2)cc(-c2ccccc2)n3Cc2ccccc2)cc(OC)c1OC. The molecule has 0 radical (unpaired) electrons. The van der Waals surface area contributed by atoms with Gasteiger partial charge in [-0.25, -0.2) is 4.98 Å². The number of methoxy groups -OCH3 is 3. The van der Waals surface area contributed by atoms with Crippen LogP contribution in [-0.4, -0.2) is 30.9 Å². The molecule has 6 nitrogen and oxygen atoms in total. The molecule has 0 fully saturated rings. The van der Waals surface area contributed by atoms with Crippen molar-refractivity contribution in [1.82, 2.24) is 9.55 Å². The molecule has 5 rings (SSSR count). The predicted molar refractivity (Wildman–Crippen MR) is 140 cm³/mol. The summed E-state index contributed by atoms with van der Waals surface area (Å²) in [6, 6.07) is 28.9. The Labute approximate surface area is 204 Å². The zero-order valence-electron chi connectivity index (χ0n) is 20.0. The van der Waals surface area contributed by atoms with Crippen LogP contribution in [0.15, 0.2) is 91.1 Å². The topological polar surface area (TPSA) is 57.5 Å². The van der Waals surface area contributed by atoms with Crippen molar-refractivity contribution in [3.8, 4) is 28.5 Å². The number of ether oxygens (including phenoxy) is 3. The van der Waals surface area contributed by atoms with E-state index in [1.807, 2.05) is 30.5 Å². The largest absolute Gasteiger partial charge is 0.493 e. The van der Waals surface area contributed by atoms with Crippen LogP contribution in [0.4, 0.5) is 11.5 Å². The first-order chi connectivity index (χ1) is 17.2. The first-order valence-electron chi connectivity index (χ1n) is 11.4. The van der Waals surface area contributed by atoms with Crippen molar-refractivity contribution in [1.29, 1.82) is 0 Å². The molecule has 0 spiro atoms. The quantitative estimate of drug-likeness (QED) is 0.283. The summed E-state index contributed by atoms with van der Waals surface area (Å²) >= 11 is 0. The van der Waals surface area contributed by atoms with Gasteiger partial charge in [-0.3, -0.25) is 0 Å². The molecule has 5 aromatic rings. The molecule has 0 atom stereocenters. The molecule has 6 heteroatoms. The number of fused-ring (bicyclic) bond motifs is 1. The number of hydrogen-bond acceptors (Lipinski definition) is 5. The van der Waals surface area contributed by atoms with Crippen LogP contribution in [0.2, 0.25) is 0 Å². The van der Waals surface area contributed by atoms with E-state index in [0.717, 1.165) is 34.6 Å². The van der Waals surface area contributed by atoms with Crippen LogP contribution >= 0.6 is 0 Å². The van der Waals surface area contributed by atoms with Crippen molar-refractivity contribution in [2.24, 2.45) is 0 Å². The highest BCUT2D eigenvalue weighted by molar-refractivity contribution is 5.88. The fraction of sp³-hybridized carbons (Fsp3) is 0.138. The Balaban J connectivity index is 1.58. The Morgan fingerprint density at radius 2 is 1.43 bits per heavy atom. The summed E-state index contributed by atoms with van der Waals surface area (Å²) in [4.78, 5) is 4.67. The molecular formula is C29H27N3O3. The first kappa shape index (κ1) is 22.3. The first-order valence-corrected chi connectivity index (χ1v) is 11.4. The molecule has 1 N–H and O–H groups in total. The van der Waals surface area contributed by atoms with E-state index in [2.05, 4.69) is 75.5 Å². The molecule has 0 aliphatic rings. The van der Waals surface area contributed by atoms with Gasteiger partial charge in [-0.1, -0.05) is 60.7 Å². The molecule has 0 unspecified atom stereocenters. The van der Waals surface area contributed by atoms with Gasteiger partial charge in [-0.2, -0.15) is 0 Å². The molecule has 0 bridgehead atoms. The third kappa shape index (κ3) is 4.51. The molecular weight excluding hydrogens is 438 g/mol. The van der Waals surface area contributed by atoms with Crippen LogP contribution in [-0.2, 0) is 6.54 Å². The Kier molecular flexibility index (Phi) is 6.26. The van der Waals surface area contributed by atoms with Crippen LogP contribution in [0.1, 0.15) is 5.56 Å². The average molecular weight is 466 g/mol. The maximum absolute atomic E-state index is 5.50. The lowest BCUT2D eigenvalue weighted by atomic mass is 10.1. The monoisotopic (exact) mass is 465 g/mol. The summed E-state index contributed by atoms with van der Waals surface area (Å²) in [5.41, 5.74) is 5.43. The minimum absolute atomic E-state index is 0.549. The number of aromatic nitrogens is 2. The van der Waals surface area contributed by atoms with Crippen molar-refractivity contribution in [2.45, 2.75) is 6.54 Å². The van der Waals surface area contributed by atoms with Gasteiger partial charge in [0.1, 0.15) is 5.82 Å². The van der Waals surface area contributed by atoms with Gasteiger partial charge in [0.2, 0.25) is 5.75 Å². The predicted octanol–water partition coefficient (Wildman–Crippen LogP) is 6.52. The second-order valence-electron chi connectivity index (χ2n) is 8.13. The van der Waals surface area contributed by atoms with E-state index in [9.17, 15) is 0 Å². The number of hydrogen-bond donors (Lipinski definition) is 1. The van der Waals surface area contributed by atoms with Gasteiger partial charge in [0.05, 0.1) is 26.8 Å². The maximum Gasteiger partial charge on any atom is 0.203 e. The molecule has 0 saturated carbocycles. The smallest absolute Gasteiger partial charge is 0.203 e. The summed E-state index contributed by atoms with van der Waals surface area (Å²) < 4.78 is 18.8. The minimum Gasteiger partial charge on any atom is -0.493 e. The van der Waals surface area contributed by atoms with Crippen LogP contribution in [0, 0.1) is 0 Å². The van der Waals surface area contributed by atoms with E-state index in [1.165, 1.54) is 11.1 Å². The molecule has 0 aliphatic heterocycles. The number of nitrogens with zero attached hydrogens (tertiary/aromatic N) is 2. The number of pyridine rings is 1. The lowest BCUT2D eigenvalue weighted by Crippen LogP contribution is -2.02. The third-order valence-corrected chi connectivity index (χ3v) is 5.98. The molecule has 2 heterocycles. The second kappa shape index (κ2) is 9.81. The Morgan fingerprint density at radius 3 is 2.06 bits per heavy atom. The average Bonchev–Trinajstić information content (AvgIpc) is 3.26. The Bertz CT molecular complexity index is 1420. The summed E-state index contributed by atoms with van der Waals surface area (Å²) in [5, 5.41) is 4.48. The Morgan fingerprint density at radius 1 is 0.771 bits per heavy atom. The van der Waals surface area contributed by atoms with Gasteiger partial charge in [0.25, 0.3) is 0 Å². The van der Waals surface area contributed by atoms with E-state index >= 15 is 0 Å². The zero-order valence-corrected chi connectivity index (χ0v) is 20.0. The molecule has 35 heavy (non-hydrogen) atoms. The number of rotatable bonds is 8. The Hall–Kier alpha value is -4.45. The van der Waals surface area contributed by atoms with Crippen LogP contribution < -0.4 is 19.5 Å². The minimum atomic E-state index is 0.549. The lowest BCUT2D eigenvalue weighted by molar-refractivity contribution is 0.324. The highest BCUT2D eigenvalue weighted by atomic mass is 16.5. The fourth-order valence-corrected chi connectivity index (χ4v) is 4.31. The van der Waals surface area contributed by atoms with Gasteiger partial charge >= 0.3 is 0 Å². The second-order valence-corrected chi connectivity index (χ2v) is 8.13. The number of nitrogens with one attached hydrogen (secondary N) is 1. The van der Waals surface area contributed by atoms with Crippen molar-refractivity contribution in [3.05, 3.63) is 96.7 Å². The highest BCUT2D eigenvalue weighted by Gasteiger charge is 2.15. The van der Waals surface area contributed by atoms with Gasteiger partial charge in [-0.15, -0.1) is 0 Å². The molecule has 0 aliphatic carbocycles. The molecule has 2 aromatic heterocycles. The van der Waals surface area contributed by atoms with Crippen molar-refractivity contribution in [2.75, 3.05) is 26.6 Å². The van der Waals surface area contributed by atoms with Gasteiger partial charge in [0.15, 0.2) is 11.5 Å². The fourth-order valence-electron chi connectivity index (χ4n) is 4.31. The maximum atomic E-state index is 5.50. The number of benzene rings is 3.